The van der Waals surface area contributed by atoms with Crippen molar-refractivity contribution in [3.05, 3.63) is 29.3 Å². The molecule has 164 valence electrons. The van der Waals surface area contributed by atoms with Crippen molar-refractivity contribution in [3.8, 4) is 5.75 Å². The summed E-state index contributed by atoms with van der Waals surface area (Å²) in [5, 5.41) is 18.9. The summed E-state index contributed by atoms with van der Waals surface area (Å²) in [6.07, 6.45) is -2.69. The van der Waals surface area contributed by atoms with Gasteiger partial charge in [-0.05, 0) is 31.5 Å². The number of aliphatic hydroxyl groups excluding tert-OH is 1. The lowest BCUT2D eigenvalue weighted by molar-refractivity contribution is -0.195. The molecule has 1 heterocycles. The largest absolute Gasteiger partial charge is 0.479 e. The maximum Gasteiger partial charge on any atom is 0.333 e. The number of hydrogen-bond acceptors (Lipinski definition) is 7. The van der Waals surface area contributed by atoms with E-state index in [0.717, 1.165) is 0 Å². The molecule has 1 aliphatic heterocycles. The minimum atomic E-state index is -1.15. The van der Waals surface area contributed by atoms with Gasteiger partial charge in [0.2, 0.25) is 6.29 Å². The Morgan fingerprint density at radius 3 is 2.52 bits per heavy atom. The van der Waals surface area contributed by atoms with Crippen LogP contribution in [-0.2, 0) is 32.2 Å². The van der Waals surface area contributed by atoms with Crippen molar-refractivity contribution in [2.45, 2.75) is 77.1 Å². The van der Waals surface area contributed by atoms with Crippen LogP contribution in [0.3, 0.4) is 0 Å². The molecule has 0 amide bonds. The molecule has 4 N–H and O–H groups in total. The summed E-state index contributed by atoms with van der Waals surface area (Å²) in [5.74, 6) is -1.28. The Kier molecular flexibility index (Phi) is 9.85. The van der Waals surface area contributed by atoms with Gasteiger partial charge in [0.1, 0.15) is 17.2 Å². The SMILES string of the molecule is CC.CC(C)(Cl)C(=O)OCc1ccc(OC2CC(O)CC(C(=O)O)O2)c(CN)c1. The third kappa shape index (κ3) is 7.81. The molecule has 1 aromatic rings. The molecule has 0 saturated carbocycles. The van der Waals surface area contributed by atoms with Crippen molar-refractivity contribution in [1.29, 1.82) is 0 Å². The Bertz CT molecular complexity index is 690. The average Bonchev–Trinajstić information content (AvgIpc) is 2.67. The molecule has 0 aromatic heterocycles. The van der Waals surface area contributed by atoms with Gasteiger partial charge in [-0.3, -0.25) is 4.79 Å². The Morgan fingerprint density at radius 2 is 1.97 bits per heavy atom. The molecule has 1 aromatic carbocycles. The molecular formula is C20H30ClNO7. The zero-order valence-corrected chi connectivity index (χ0v) is 17.9. The van der Waals surface area contributed by atoms with Crippen molar-refractivity contribution in [1.82, 2.24) is 0 Å². The van der Waals surface area contributed by atoms with Crippen LogP contribution in [0.4, 0.5) is 0 Å². The maximum absolute atomic E-state index is 11.7. The van der Waals surface area contributed by atoms with Crippen molar-refractivity contribution < 1.29 is 34.0 Å². The van der Waals surface area contributed by atoms with Crippen LogP contribution >= 0.6 is 11.6 Å². The number of benzene rings is 1. The fourth-order valence-electron chi connectivity index (χ4n) is 2.55. The van der Waals surface area contributed by atoms with E-state index in [1.807, 2.05) is 13.8 Å². The van der Waals surface area contributed by atoms with Crippen LogP contribution < -0.4 is 10.5 Å². The van der Waals surface area contributed by atoms with Crippen LogP contribution in [0.15, 0.2) is 18.2 Å². The number of alkyl halides is 1. The Morgan fingerprint density at radius 1 is 1.31 bits per heavy atom. The molecule has 0 aliphatic carbocycles. The molecule has 1 aliphatic rings. The third-order valence-corrected chi connectivity index (χ3v) is 4.16. The number of nitrogens with two attached hydrogens (primary N) is 1. The van der Waals surface area contributed by atoms with Gasteiger partial charge >= 0.3 is 11.9 Å². The van der Waals surface area contributed by atoms with E-state index in [1.165, 1.54) is 0 Å². The number of aliphatic carboxylic acids is 1. The Hall–Kier alpha value is -1.87. The zero-order valence-electron chi connectivity index (χ0n) is 17.2. The number of carbonyl (C=O) groups excluding carboxylic acids is 1. The molecule has 1 saturated heterocycles. The number of halogens is 1. The van der Waals surface area contributed by atoms with Gasteiger partial charge in [-0.15, -0.1) is 11.6 Å². The van der Waals surface area contributed by atoms with Crippen molar-refractivity contribution in [2.75, 3.05) is 0 Å². The number of rotatable bonds is 7. The molecule has 0 spiro atoms. The molecule has 2 rings (SSSR count). The fraction of sp³-hybridized carbons (Fsp3) is 0.600. The zero-order chi connectivity index (χ0) is 22.2. The number of carboxylic acids is 1. The number of esters is 1. The lowest BCUT2D eigenvalue weighted by Crippen LogP contribution is -2.42. The number of hydrogen-bond donors (Lipinski definition) is 3. The highest BCUT2D eigenvalue weighted by atomic mass is 35.5. The van der Waals surface area contributed by atoms with E-state index in [1.54, 1.807) is 32.0 Å². The molecule has 3 atom stereocenters. The summed E-state index contributed by atoms with van der Waals surface area (Å²) in [6, 6.07) is 5.05. The van der Waals surface area contributed by atoms with E-state index in [-0.39, 0.29) is 26.0 Å². The molecular weight excluding hydrogens is 402 g/mol. The van der Waals surface area contributed by atoms with Crippen LogP contribution in [0.5, 0.6) is 5.75 Å². The second-order valence-corrected chi connectivity index (χ2v) is 7.78. The van der Waals surface area contributed by atoms with E-state index in [2.05, 4.69) is 0 Å². The summed E-state index contributed by atoms with van der Waals surface area (Å²) in [5.41, 5.74) is 7.09. The number of carboxylic acid groups (broad SMARTS) is 1. The maximum atomic E-state index is 11.7. The summed E-state index contributed by atoms with van der Waals surface area (Å²) in [4.78, 5) is 21.7. The summed E-state index contributed by atoms with van der Waals surface area (Å²) in [6.45, 7) is 7.27. The highest BCUT2D eigenvalue weighted by Crippen LogP contribution is 2.27. The molecule has 9 heteroatoms. The first kappa shape index (κ1) is 25.2. The smallest absolute Gasteiger partial charge is 0.333 e. The van der Waals surface area contributed by atoms with Crippen molar-refractivity contribution >= 4 is 23.5 Å². The second-order valence-electron chi connectivity index (χ2n) is 6.83. The first-order chi connectivity index (χ1) is 13.6. The van der Waals surface area contributed by atoms with E-state index in [4.69, 9.17) is 36.7 Å². The normalized spacial score (nSPS) is 21.6. The highest BCUT2D eigenvalue weighted by Gasteiger charge is 2.34. The topological polar surface area (TPSA) is 128 Å². The van der Waals surface area contributed by atoms with Gasteiger partial charge in [-0.2, -0.15) is 0 Å². The van der Waals surface area contributed by atoms with Gasteiger partial charge in [-0.1, -0.05) is 19.9 Å². The van der Waals surface area contributed by atoms with Crippen molar-refractivity contribution in [3.63, 3.8) is 0 Å². The van der Waals surface area contributed by atoms with Crippen LogP contribution in [-0.4, -0.2) is 45.5 Å². The molecule has 8 nitrogen and oxygen atoms in total. The van der Waals surface area contributed by atoms with Gasteiger partial charge < -0.3 is 30.2 Å². The monoisotopic (exact) mass is 431 g/mol. The summed E-state index contributed by atoms with van der Waals surface area (Å²) in [7, 11) is 0. The van der Waals surface area contributed by atoms with E-state index in [9.17, 15) is 14.7 Å². The Labute approximate surface area is 175 Å². The highest BCUT2D eigenvalue weighted by molar-refractivity contribution is 6.33. The average molecular weight is 432 g/mol. The van der Waals surface area contributed by atoms with Gasteiger partial charge in [-0.25, -0.2) is 4.79 Å². The predicted octanol–water partition coefficient (Wildman–Crippen LogP) is 2.56. The van der Waals surface area contributed by atoms with Crippen LogP contribution in [0.2, 0.25) is 0 Å². The molecule has 1 fully saturated rings. The first-order valence-electron chi connectivity index (χ1n) is 9.51. The van der Waals surface area contributed by atoms with Crippen molar-refractivity contribution in [2.24, 2.45) is 5.73 Å². The summed E-state index contributed by atoms with van der Waals surface area (Å²) < 4.78 is 16.2. The second kappa shape index (κ2) is 11.3. The van der Waals surface area contributed by atoms with Gasteiger partial charge in [0, 0.05) is 24.9 Å². The third-order valence-electron chi connectivity index (χ3n) is 4.00. The number of aliphatic hydroxyl groups is 1. The Balaban J connectivity index is 0.00000204. The van der Waals surface area contributed by atoms with Gasteiger partial charge in [0.05, 0.1) is 6.10 Å². The molecule has 0 bridgehead atoms. The van der Waals surface area contributed by atoms with Crippen LogP contribution in [0.1, 0.15) is 51.7 Å². The molecule has 0 radical (unpaired) electrons. The standard InChI is InChI=1S/C18H24ClNO7.C2H6/c1-18(2,19)17(24)25-9-10-3-4-13(11(5-10)8-20)26-15-7-12(21)6-14(27-15)16(22)23;1-2/h3-5,12,14-15,21H,6-9,20H2,1-2H3,(H,22,23);1-2H3. The summed E-state index contributed by atoms with van der Waals surface area (Å²) >= 11 is 5.90. The minimum Gasteiger partial charge on any atom is -0.479 e. The van der Waals surface area contributed by atoms with E-state index in [0.29, 0.717) is 16.9 Å². The lowest BCUT2D eigenvalue weighted by Gasteiger charge is -2.31. The van der Waals surface area contributed by atoms with E-state index < -0.39 is 35.3 Å². The number of carbonyl (C=O) groups is 2. The van der Waals surface area contributed by atoms with E-state index >= 15 is 0 Å². The first-order valence-corrected chi connectivity index (χ1v) is 9.89. The predicted molar refractivity (Wildman–Crippen MR) is 108 cm³/mol. The van der Waals surface area contributed by atoms with Gasteiger partial charge in [0.25, 0.3) is 0 Å². The molecule has 29 heavy (non-hydrogen) atoms. The lowest BCUT2D eigenvalue weighted by atomic mass is 10.1. The molecule has 3 unspecified atom stereocenters. The fourth-order valence-corrected chi connectivity index (χ4v) is 2.61. The minimum absolute atomic E-state index is 0.0141. The van der Waals surface area contributed by atoms with Gasteiger partial charge in [0.15, 0.2) is 6.10 Å². The van der Waals surface area contributed by atoms with Crippen LogP contribution in [0, 0.1) is 0 Å². The quantitative estimate of drug-likeness (QED) is 0.443. The van der Waals surface area contributed by atoms with Crippen LogP contribution in [0.25, 0.3) is 0 Å². The number of ether oxygens (including phenoxy) is 3.